The van der Waals surface area contributed by atoms with E-state index in [0.29, 0.717) is 41.3 Å². The van der Waals surface area contributed by atoms with Crippen LogP contribution in [0.1, 0.15) is 22.6 Å². The Balaban J connectivity index is 1.40. The minimum atomic E-state index is -0.187. The van der Waals surface area contributed by atoms with Gasteiger partial charge in [-0.3, -0.25) is 4.79 Å². The first-order valence-corrected chi connectivity index (χ1v) is 10.1. The van der Waals surface area contributed by atoms with Crippen molar-refractivity contribution in [3.05, 3.63) is 63.6 Å². The number of amides is 1. The molecule has 0 aliphatic carbocycles. The summed E-state index contributed by atoms with van der Waals surface area (Å²) in [5.41, 5.74) is 1.90. The van der Waals surface area contributed by atoms with Crippen molar-refractivity contribution in [2.45, 2.75) is 19.3 Å². The predicted molar refractivity (Wildman–Crippen MR) is 109 cm³/mol. The summed E-state index contributed by atoms with van der Waals surface area (Å²) < 4.78 is 11.3. The van der Waals surface area contributed by atoms with Crippen molar-refractivity contribution >= 4 is 34.0 Å². The van der Waals surface area contributed by atoms with Crippen LogP contribution in [0.15, 0.2) is 42.5 Å². The van der Waals surface area contributed by atoms with Gasteiger partial charge in [-0.15, -0.1) is 10.2 Å². The van der Waals surface area contributed by atoms with Gasteiger partial charge in [-0.05, 0) is 23.3 Å². The summed E-state index contributed by atoms with van der Waals surface area (Å²) in [4.78, 5) is 12.4. The lowest BCUT2D eigenvalue weighted by molar-refractivity contribution is -0.115. The molecule has 0 bridgehead atoms. The number of nitrogens with zero attached hydrogens (tertiary/aromatic N) is 2. The van der Waals surface area contributed by atoms with Crippen molar-refractivity contribution in [1.29, 1.82) is 0 Å². The van der Waals surface area contributed by atoms with Crippen LogP contribution >= 0.6 is 22.9 Å². The molecule has 6 nitrogen and oxygen atoms in total. The minimum absolute atomic E-state index is 0.157. The zero-order valence-corrected chi connectivity index (χ0v) is 16.6. The molecule has 0 radical (unpaired) electrons. The van der Waals surface area contributed by atoms with Crippen molar-refractivity contribution < 1.29 is 14.3 Å². The average Bonchev–Trinajstić information content (AvgIpc) is 2.96. The number of halogens is 1. The molecule has 1 aliphatic heterocycles. The van der Waals surface area contributed by atoms with Gasteiger partial charge in [0.2, 0.25) is 11.0 Å². The van der Waals surface area contributed by atoms with Gasteiger partial charge in [-0.25, -0.2) is 0 Å². The van der Waals surface area contributed by atoms with E-state index in [0.717, 1.165) is 22.6 Å². The molecular weight excluding hydrogens is 398 g/mol. The summed E-state index contributed by atoms with van der Waals surface area (Å²) >= 11 is 7.66. The topological polar surface area (TPSA) is 73.3 Å². The molecule has 2 heterocycles. The van der Waals surface area contributed by atoms with Crippen LogP contribution in [0.2, 0.25) is 5.02 Å². The Morgan fingerprint density at radius 2 is 1.93 bits per heavy atom. The zero-order chi connectivity index (χ0) is 19.3. The summed E-state index contributed by atoms with van der Waals surface area (Å²) in [5.74, 6) is 0.930. The van der Waals surface area contributed by atoms with E-state index in [4.69, 9.17) is 21.1 Å². The Hall–Kier alpha value is -2.64. The monoisotopic (exact) mass is 415 g/mol. The lowest BCUT2D eigenvalue weighted by atomic mass is 10.1. The number of anilines is 1. The van der Waals surface area contributed by atoms with Gasteiger partial charge in [0.15, 0.2) is 11.5 Å². The van der Waals surface area contributed by atoms with Crippen LogP contribution in [0.5, 0.6) is 11.5 Å². The van der Waals surface area contributed by atoms with E-state index < -0.39 is 0 Å². The van der Waals surface area contributed by atoms with Crippen molar-refractivity contribution in [2.75, 3.05) is 18.5 Å². The Labute approximate surface area is 171 Å². The molecule has 0 atom stereocenters. The quantitative estimate of drug-likeness (QED) is 0.678. The number of rotatable bonds is 5. The highest BCUT2D eigenvalue weighted by Gasteiger charge is 2.17. The second-order valence-electron chi connectivity index (χ2n) is 6.34. The molecule has 8 heteroatoms. The molecule has 4 rings (SSSR count). The van der Waals surface area contributed by atoms with Gasteiger partial charge < -0.3 is 14.8 Å². The van der Waals surface area contributed by atoms with E-state index in [2.05, 4.69) is 15.5 Å². The van der Waals surface area contributed by atoms with E-state index in [1.807, 2.05) is 30.3 Å². The summed E-state index contributed by atoms with van der Waals surface area (Å²) in [6, 6.07) is 13.5. The van der Waals surface area contributed by atoms with Gasteiger partial charge in [0.1, 0.15) is 5.01 Å². The number of carbonyl (C=O) groups is 1. The Kier molecular flexibility index (Phi) is 5.73. The molecule has 28 heavy (non-hydrogen) atoms. The molecule has 1 amide bonds. The largest absolute Gasteiger partial charge is 0.489 e. The number of ether oxygens (including phenoxy) is 2. The highest BCUT2D eigenvalue weighted by atomic mass is 35.5. The van der Waals surface area contributed by atoms with Crippen molar-refractivity contribution in [3.63, 3.8) is 0 Å². The van der Waals surface area contributed by atoms with Gasteiger partial charge in [0.25, 0.3) is 0 Å². The number of aromatic nitrogens is 2. The molecule has 2 aromatic carbocycles. The first kappa shape index (κ1) is 18.7. The number of fused-ring (bicyclic) bond motifs is 1. The third-order valence-corrected chi connectivity index (χ3v) is 5.26. The molecule has 0 saturated heterocycles. The van der Waals surface area contributed by atoms with E-state index in [9.17, 15) is 4.79 Å². The molecule has 1 N–H and O–H groups in total. The fourth-order valence-corrected chi connectivity index (χ4v) is 3.96. The van der Waals surface area contributed by atoms with Crippen molar-refractivity contribution in [1.82, 2.24) is 10.2 Å². The van der Waals surface area contributed by atoms with Crippen LogP contribution in [-0.2, 0) is 17.6 Å². The van der Waals surface area contributed by atoms with Crippen LogP contribution < -0.4 is 14.8 Å². The first-order valence-electron chi connectivity index (χ1n) is 8.91. The maximum atomic E-state index is 12.4. The molecule has 1 aliphatic rings. The Morgan fingerprint density at radius 1 is 1.11 bits per heavy atom. The van der Waals surface area contributed by atoms with Gasteiger partial charge >= 0.3 is 0 Å². The van der Waals surface area contributed by atoms with Crippen LogP contribution in [0.3, 0.4) is 0 Å². The van der Waals surface area contributed by atoms with E-state index in [1.165, 1.54) is 11.3 Å². The van der Waals surface area contributed by atoms with Crippen molar-refractivity contribution in [3.8, 4) is 11.5 Å². The van der Waals surface area contributed by atoms with Gasteiger partial charge in [0.05, 0.1) is 24.7 Å². The first-order chi connectivity index (χ1) is 13.7. The molecule has 0 spiro atoms. The molecule has 0 fully saturated rings. The summed E-state index contributed by atoms with van der Waals surface area (Å²) in [7, 11) is 0. The second-order valence-corrected chi connectivity index (χ2v) is 7.81. The highest BCUT2D eigenvalue weighted by Crippen LogP contribution is 2.38. The van der Waals surface area contributed by atoms with E-state index in [1.54, 1.807) is 12.1 Å². The van der Waals surface area contributed by atoms with Crippen LogP contribution in [-0.4, -0.2) is 29.3 Å². The van der Waals surface area contributed by atoms with Crippen molar-refractivity contribution in [2.24, 2.45) is 0 Å². The SMILES string of the molecule is O=C(Cc1cc(Cl)c2c(c1)OCCCO2)Nc1nnc(Cc2ccccc2)s1. The molecular formula is C20H18ClN3O3S. The third-order valence-electron chi connectivity index (χ3n) is 4.14. The predicted octanol–water partition coefficient (Wildman–Crippen LogP) is 4.12. The third kappa shape index (κ3) is 4.61. The smallest absolute Gasteiger partial charge is 0.230 e. The van der Waals surface area contributed by atoms with Gasteiger partial charge in [-0.2, -0.15) is 0 Å². The molecule has 144 valence electrons. The molecule has 0 saturated carbocycles. The minimum Gasteiger partial charge on any atom is -0.489 e. The fraction of sp³-hybridized carbons (Fsp3) is 0.250. The normalized spacial score (nSPS) is 13.0. The molecule has 0 unspecified atom stereocenters. The second kappa shape index (κ2) is 8.58. The van der Waals surface area contributed by atoms with Crippen LogP contribution in [0.25, 0.3) is 0 Å². The number of hydrogen-bond donors (Lipinski definition) is 1. The summed E-state index contributed by atoms with van der Waals surface area (Å²) in [5, 5.41) is 12.8. The molecule has 1 aromatic heterocycles. The standard InChI is InChI=1S/C20H18ClN3O3S/c21-15-9-14(10-16-19(15)27-8-4-7-26-16)11-17(25)22-20-24-23-18(28-20)12-13-5-2-1-3-6-13/h1-3,5-6,9-10H,4,7-8,11-12H2,(H,22,24,25). The van der Waals surface area contributed by atoms with E-state index >= 15 is 0 Å². The van der Waals surface area contributed by atoms with Gasteiger partial charge in [0, 0.05) is 12.8 Å². The highest BCUT2D eigenvalue weighted by molar-refractivity contribution is 7.15. The summed E-state index contributed by atoms with van der Waals surface area (Å²) in [6.45, 7) is 1.13. The van der Waals surface area contributed by atoms with Crippen LogP contribution in [0, 0.1) is 0 Å². The number of carbonyl (C=O) groups excluding carboxylic acids is 1. The average molecular weight is 416 g/mol. The zero-order valence-electron chi connectivity index (χ0n) is 15.0. The maximum Gasteiger partial charge on any atom is 0.230 e. The number of benzene rings is 2. The van der Waals surface area contributed by atoms with Crippen LogP contribution in [0.4, 0.5) is 5.13 Å². The molecule has 3 aromatic rings. The fourth-order valence-electron chi connectivity index (χ4n) is 2.88. The van der Waals surface area contributed by atoms with Gasteiger partial charge in [-0.1, -0.05) is 53.3 Å². The Bertz CT molecular complexity index is 978. The maximum absolute atomic E-state index is 12.4. The Morgan fingerprint density at radius 3 is 2.79 bits per heavy atom. The lowest BCUT2D eigenvalue weighted by Crippen LogP contribution is -2.14. The van der Waals surface area contributed by atoms with E-state index in [-0.39, 0.29) is 12.3 Å². The number of nitrogens with one attached hydrogen (secondary N) is 1. The summed E-state index contributed by atoms with van der Waals surface area (Å²) in [6.07, 6.45) is 1.64. The number of hydrogen-bond acceptors (Lipinski definition) is 6. The lowest BCUT2D eigenvalue weighted by Gasteiger charge is -2.11.